The van der Waals surface area contributed by atoms with Gasteiger partial charge in [0.1, 0.15) is 6.04 Å². The molecule has 0 aliphatic heterocycles. The molecule has 0 unspecified atom stereocenters. The second-order valence-corrected chi connectivity index (χ2v) is 4.82. The number of hydrogen-bond acceptors (Lipinski definition) is 4. The Morgan fingerprint density at radius 2 is 2.00 bits per heavy atom. The summed E-state index contributed by atoms with van der Waals surface area (Å²) in [5, 5.41) is 12.1. The molecule has 2 N–H and O–H groups in total. The van der Waals surface area contributed by atoms with E-state index in [-0.39, 0.29) is 10.9 Å². The molecular weight excluding hydrogens is 296 g/mol. The van der Waals surface area contributed by atoms with E-state index in [0.717, 1.165) is 10.5 Å². The lowest BCUT2D eigenvalue weighted by molar-refractivity contribution is -0.145. The second-order valence-electron chi connectivity index (χ2n) is 4.07. The lowest BCUT2D eigenvalue weighted by atomic mass is 10.2. The molecular formula is C13H16N2O3S2. The number of nitrogens with zero attached hydrogens (tertiary/aromatic N) is 1. The smallest absolute Gasteiger partial charge is 0.327 e. The van der Waals surface area contributed by atoms with Gasteiger partial charge in [-0.1, -0.05) is 30.3 Å². The number of nitrogens with one attached hydrogen (secondary N) is 1. The summed E-state index contributed by atoms with van der Waals surface area (Å²) in [7, 11) is 0. The van der Waals surface area contributed by atoms with Gasteiger partial charge in [-0.3, -0.25) is 9.69 Å². The third-order valence-corrected chi connectivity index (χ3v) is 3.30. The minimum absolute atomic E-state index is 0.0118. The molecule has 20 heavy (non-hydrogen) atoms. The Morgan fingerprint density at radius 1 is 1.40 bits per heavy atom. The molecule has 0 radical (unpaired) electrons. The van der Waals surface area contributed by atoms with Crippen LogP contribution in [0.15, 0.2) is 30.3 Å². The van der Waals surface area contributed by atoms with Crippen LogP contribution in [0.25, 0.3) is 0 Å². The molecule has 1 aromatic rings. The molecule has 1 atom stereocenters. The molecule has 0 saturated carbocycles. The summed E-state index contributed by atoms with van der Waals surface area (Å²) in [6, 6.07) is 8.40. The van der Waals surface area contributed by atoms with Crippen LogP contribution in [0, 0.1) is 0 Å². The third kappa shape index (κ3) is 4.50. The number of aliphatic carboxylic acids is 1. The Hall–Kier alpha value is -1.60. The molecule has 1 aromatic carbocycles. The highest BCUT2D eigenvalue weighted by atomic mass is 32.1. The first-order valence-corrected chi connectivity index (χ1v) is 6.96. The van der Waals surface area contributed by atoms with E-state index in [0.29, 0.717) is 6.54 Å². The minimum Gasteiger partial charge on any atom is -0.480 e. The Kier molecular flexibility index (Phi) is 6.47. The number of carboxylic acids is 1. The molecule has 1 amide bonds. The monoisotopic (exact) mass is 312 g/mol. The number of benzene rings is 1. The second kappa shape index (κ2) is 7.86. The van der Waals surface area contributed by atoms with Crippen molar-refractivity contribution in [3.05, 3.63) is 35.9 Å². The van der Waals surface area contributed by atoms with Crippen LogP contribution >= 0.6 is 24.8 Å². The number of thiol groups is 1. The molecule has 0 aliphatic carbocycles. The molecule has 0 aromatic heterocycles. The highest BCUT2D eigenvalue weighted by Crippen LogP contribution is 2.06. The summed E-state index contributed by atoms with van der Waals surface area (Å²) < 4.78 is 0. The molecule has 7 heteroatoms. The molecule has 1 rings (SSSR count). The maximum Gasteiger partial charge on any atom is 0.327 e. The Labute approximate surface area is 128 Å². The van der Waals surface area contributed by atoms with E-state index in [9.17, 15) is 9.59 Å². The van der Waals surface area contributed by atoms with Gasteiger partial charge in [-0.25, -0.2) is 4.79 Å². The zero-order chi connectivity index (χ0) is 15.1. The van der Waals surface area contributed by atoms with Gasteiger partial charge in [0.2, 0.25) is 5.91 Å². The van der Waals surface area contributed by atoms with Crippen molar-refractivity contribution in [1.29, 1.82) is 0 Å². The molecule has 108 valence electrons. The number of carbonyl (C=O) groups excluding carboxylic acids is 1. The Balaban J connectivity index is 2.75. The number of hydrogen-bond donors (Lipinski definition) is 3. The van der Waals surface area contributed by atoms with Gasteiger partial charge in [0.15, 0.2) is 5.11 Å². The highest BCUT2D eigenvalue weighted by Gasteiger charge is 2.29. The third-order valence-electron chi connectivity index (χ3n) is 2.61. The largest absolute Gasteiger partial charge is 0.480 e. The molecule has 5 nitrogen and oxygen atoms in total. The molecule has 0 fully saturated rings. The van der Waals surface area contributed by atoms with Crippen molar-refractivity contribution in [3.63, 3.8) is 0 Å². The summed E-state index contributed by atoms with van der Waals surface area (Å²) in [5.74, 6) is -1.58. The van der Waals surface area contributed by atoms with Crippen molar-refractivity contribution < 1.29 is 14.7 Å². The van der Waals surface area contributed by atoms with Crippen LogP contribution in [0.3, 0.4) is 0 Å². The van der Waals surface area contributed by atoms with Crippen molar-refractivity contribution in [2.45, 2.75) is 19.5 Å². The number of amides is 1. The fourth-order valence-corrected chi connectivity index (χ4v) is 2.28. The van der Waals surface area contributed by atoms with E-state index >= 15 is 0 Å². The van der Waals surface area contributed by atoms with Crippen molar-refractivity contribution in [2.24, 2.45) is 0 Å². The van der Waals surface area contributed by atoms with E-state index in [2.05, 4.69) is 17.9 Å². The summed E-state index contributed by atoms with van der Waals surface area (Å²) in [6.07, 6.45) is 0. The fourth-order valence-electron chi connectivity index (χ4n) is 1.63. The van der Waals surface area contributed by atoms with Gasteiger partial charge >= 0.3 is 5.97 Å². The van der Waals surface area contributed by atoms with E-state index in [4.69, 9.17) is 17.3 Å². The SMILES string of the molecule is CC(=O)N(C(=S)NCc1ccccc1)[C@@H](CS)C(=O)O. The van der Waals surface area contributed by atoms with Crippen molar-refractivity contribution in [2.75, 3.05) is 5.75 Å². The van der Waals surface area contributed by atoms with Crippen LogP contribution in [0.4, 0.5) is 0 Å². The Bertz CT molecular complexity index is 494. The topological polar surface area (TPSA) is 69.6 Å². The van der Waals surface area contributed by atoms with Gasteiger partial charge in [0, 0.05) is 19.2 Å². The first-order chi connectivity index (χ1) is 9.47. The Morgan fingerprint density at radius 3 is 2.45 bits per heavy atom. The average Bonchev–Trinajstić information content (AvgIpc) is 2.42. The first-order valence-electron chi connectivity index (χ1n) is 5.92. The van der Waals surface area contributed by atoms with Crippen LogP contribution in [-0.2, 0) is 16.1 Å². The molecule has 0 spiro atoms. The van der Waals surface area contributed by atoms with Gasteiger partial charge in [0.25, 0.3) is 0 Å². The average molecular weight is 312 g/mol. The normalized spacial score (nSPS) is 11.5. The summed E-state index contributed by atoms with van der Waals surface area (Å²) in [5.41, 5.74) is 0.983. The molecule has 0 heterocycles. The van der Waals surface area contributed by atoms with Gasteiger partial charge in [-0.2, -0.15) is 12.6 Å². The van der Waals surface area contributed by atoms with E-state index in [1.165, 1.54) is 6.92 Å². The van der Waals surface area contributed by atoms with Crippen molar-refractivity contribution in [1.82, 2.24) is 10.2 Å². The fraction of sp³-hybridized carbons (Fsp3) is 0.308. The van der Waals surface area contributed by atoms with Crippen molar-refractivity contribution >= 4 is 41.8 Å². The standard InChI is InChI=1S/C13H16N2O3S2/c1-9(16)15(11(8-19)12(17)18)13(20)14-7-10-5-3-2-4-6-10/h2-6,11,19H,7-8H2,1H3,(H,14,20)(H,17,18)/t11-/m0/s1. The van der Waals surface area contributed by atoms with Crippen LogP contribution in [0.1, 0.15) is 12.5 Å². The summed E-state index contributed by atoms with van der Waals surface area (Å²) in [4.78, 5) is 23.8. The minimum atomic E-state index is -1.14. The van der Waals surface area contributed by atoms with E-state index < -0.39 is 17.9 Å². The number of carboxylic acid groups (broad SMARTS) is 1. The number of thiocarbonyl (C=S) groups is 1. The van der Waals surface area contributed by atoms with Crippen LogP contribution in [0.5, 0.6) is 0 Å². The zero-order valence-electron chi connectivity index (χ0n) is 10.9. The van der Waals surface area contributed by atoms with Gasteiger partial charge in [0.05, 0.1) is 0 Å². The quantitative estimate of drug-likeness (QED) is 0.565. The highest BCUT2D eigenvalue weighted by molar-refractivity contribution is 7.80. The molecule has 0 aliphatic rings. The summed E-state index contributed by atoms with van der Waals surface area (Å²) >= 11 is 9.07. The van der Waals surface area contributed by atoms with Gasteiger partial charge in [-0.05, 0) is 17.8 Å². The number of rotatable bonds is 5. The summed E-state index contributed by atoms with van der Waals surface area (Å²) in [6.45, 7) is 1.69. The maximum atomic E-state index is 11.6. The lowest BCUT2D eigenvalue weighted by Gasteiger charge is -2.27. The zero-order valence-corrected chi connectivity index (χ0v) is 12.7. The number of carbonyl (C=O) groups is 2. The lowest BCUT2D eigenvalue weighted by Crippen LogP contribution is -2.52. The van der Waals surface area contributed by atoms with E-state index in [1.807, 2.05) is 30.3 Å². The predicted octanol–water partition coefficient (Wildman–Crippen LogP) is 1.29. The van der Waals surface area contributed by atoms with Gasteiger partial charge in [-0.15, -0.1) is 0 Å². The predicted molar refractivity (Wildman–Crippen MR) is 83.7 cm³/mol. The van der Waals surface area contributed by atoms with Crippen LogP contribution < -0.4 is 5.32 Å². The van der Waals surface area contributed by atoms with E-state index in [1.54, 1.807) is 0 Å². The first kappa shape index (κ1) is 16.5. The van der Waals surface area contributed by atoms with Gasteiger partial charge < -0.3 is 10.4 Å². The molecule has 0 bridgehead atoms. The maximum absolute atomic E-state index is 11.6. The molecule has 0 saturated heterocycles. The van der Waals surface area contributed by atoms with Crippen LogP contribution in [0.2, 0.25) is 0 Å². The van der Waals surface area contributed by atoms with Crippen molar-refractivity contribution in [3.8, 4) is 0 Å². The van der Waals surface area contributed by atoms with Crippen LogP contribution in [-0.4, -0.2) is 38.8 Å².